The highest BCUT2D eigenvalue weighted by Crippen LogP contribution is 2.26. The summed E-state index contributed by atoms with van der Waals surface area (Å²) < 4.78 is 16.8. The number of hydrogen-bond donors (Lipinski definition) is 0. The Balaban J connectivity index is 1.46. The van der Waals surface area contributed by atoms with Crippen LogP contribution in [0.4, 0.5) is 0 Å². The number of para-hydroxylation sites is 2. The molecule has 0 spiro atoms. The maximum absolute atomic E-state index is 12.8. The highest BCUT2D eigenvalue weighted by Gasteiger charge is 2.16. The zero-order valence-electron chi connectivity index (χ0n) is 16.1. The Morgan fingerprint density at radius 3 is 2.55 bits per heavy atom. The first-order valence-electron chi connectivity index (χ1n) is 9.52. The lowest BCUT2D eigenvalue weighted by Gasteiger charge is -2.10. The standard InChI is InChI=1S/C24H21NO4/c1-17-12-13-23(29-17)22-16-20(19-10-5-6-11-21(19)25-22)24(26)28-15-7-14-27-18-8-3-2-4-9-18/h2-6,8-13,16H,7,14-15H2,1H3. The summed E-state index contributed by atoms with van der Waals surface area (Å²) in [4.78, 5) is 17.4. The van der Waals surface area contributed by atoms with E-state index in [1.807, 2.05) is 73.7 Å². The van der Waals surface area contributed by atoms with Crippen molar-refractivity contribution >= 4 is 16.9 Å². The van der Waals surface area contributed by atoms with E-state index >= 15 is 0 Å². The normalized spacial score (nSPS) is 10.8. The fourth-order valence-electron chi connectivity index (χ4n) is 3.05. The third-order valence-electron chi connectivity index (χ3n) is 4.46. The minimum atomic E-state index is -0.382. The van der Waals surface area contributed by atoms with Crippen LogP contribution in [-0.4, -0.2) is 24.2 Å². The van der Waals surface area contributed by atoms with Crippen molar-refractivity contribution in [3.05, 3.63) is 84.1 Å². The molecule has 0 aliphatic rings. The maximum atomic E-state index is 12.8. The quantitative estimate of drug-likeness (QED) is 0.313. The Labute approximate surface area is 168 Å². The molecule has 0 amide bonds. The number of benzene rings is 2. The van der Waals surface area contributed by atoms with Gasteiger partial charge in [0, 0.05) is 11.8 Å². The molecular formula is C24H21NO4. The molecule has 0 saturated carbocycles. The molecule has 146 valence electrons. The topological polar surface area (TPSA) is 61.6 Å². The number of ether oxygens (including phenoxy) is 2. The van der Waals surface area contributed by atoms with Crippen LogP contribution in [-0.2, 0) is 4.74 Å². The van der Waals surface area contributed by atoms with Crippen LogP contribution in [0.1, 0.15) is 22.5 Å². The van der Waals surface area contributed by atoms with E-state index < -0.39 is 0 Å². The fraction of sp³-hybridized carbons (Fsp3) is 0.167. The number of pyridine rings is 1. The molecule has 0 fully saturated rings. The van der Waals surface area contributed by atoms with Crippen LogP contribution in [0, 0.1) is 6.92 Å². The van der Waals surface area contributed by atoms with Crippen molar-refractivity contribution in [1.29, 1.82) is 0 Å². The van der Waals surface area contributed by atoms with Crippen LogP contribution in [0.25, 0.3) is 22.4 Å². The van der Waals surface area contributed by atoms with Crippen molar-refractivity contribution in [3.8, 4) is 17.2 Å². The SMILES string of the molecule is Cc1ccc(-c2cc(C(=O)OCCCOc3ccccc3)c3ccccc3n2)o1. The molecule has 0 N–H and O–H groups in total. The van der Waals surface area contributed by atoms with Gasteiger partial charge in [0.1, 0.15) is 17.2 Å². The average molecular weight is 387 g/mol. The van der Waals surface area contributed by atoms with Crippen LogP contribution >= 0.6 is 0 Å². The van der Waals surface area contributed by atoms with Gasteiger partial charge in [-0.1, -0.05) is 36.4 Å². The van der Waals surface area contributed by atoms with Gasteiger partial charge < -0.3 is 13.9 Å². The molecule has 2 aromatic carbocycles. The van der Waals surface area contributed by atoms with E-state index in [2.05, 4.69) is 4.98 Å². The summed E-state index contributed by atoms with van der Waals surface area (Å²) in [6.07, 6.45) is 0.605. The summed E-state index contributed by atoms with van der Waals surface area (Å²) in [5.74, 6) is 1.83. The first-order valence-corrected chi connectivity index (χ1v) is 9.52. The first-order chi connectivity index (χ1) is 14.2. The monoisotopic (exact) mass is 387 g/mol. The Hall–Kier alpha value is -3.60. The maximum Gasteiger partial charge on any atom is 0.338 e. The molecule has 0 radical (unpaired) electrons. The number of carbonyl (C=O) groups is 1. The van der Waals surface area contributed by atoms with E-state index in [1.54, 1.807) is 6.07 Å². The molecule has 0 aliphatic carbocycles. The van der Waals surface area contributed by atoms with Gasteiger partial charge in [0.15, 0.2) is 5.76 Å². The molecule has 0 saturated heterocycles. The lowest BCUT2D eigenvalue weighted by Crippen LogP contribution is -2.10. The second-order valence-electron chi connectivity index (χ2n) is 6.63. The number of fused-ring (bicyclic) bond motifs is 1. The van der Waals surface area contributed by atoms with Gasteiger partial charge in [-0.3, -0.25) is 0 Å². The van der Waals surface area contributed by atoms with Gasteiger partial charge in [-0.05, 0) is 43.3 Å². The lowest BCUT2D eigenvalue weighted by molar-refractivity contribution is 0.0488. The number of furan rings is 1. The smallest absolute Gasteiger partial charge is 0.338 e. The van der Waals surface area contributed by atoms with E-state index in [0.29, 0.717) is 30.0 Å². The predicted octanol–water partition coefficient (Wildman–Crippen LogP) is 5.43. The lowest BCUT2D eigenvalue weighted by atomic mass is 10.1. The van der Waals surface area contributed by atoms with Gasteiger partial charge in [-0.15, -0.1) is 0 Å². The zero-order chi connectivity index (χ0) is 20.1. The van der Waals surface area contributed by atoms with Gasteiger partial charge >= 0.3 is 5.97 Å². The Morgan fingerprint density at radius 2 is 1.76 bits per heavy atom. The fourth-order valence-corrected chi connectivity index (χ4v) is 3.05. The number of aromatic nitrogens is 1. The molecule has 0 atom stereocenters. The summed E-state index contributed by atoms with van der Waals surface area (Å²) in [5.41, 5.74) is 1.80. The van der Waals surface area contributed by atoms with Crippen molar-refractivity contribution in [2.24, 2.45) is 0 Å². The summed E-state index contributed by atoms with van der Waals surface area (Å²) in [7, 11) is 0. The highest BCUT2D eigenvalue weighted by molar-refractivity contribution is 6.04. The molecule has 0 bridgehead atoms. The van der Waals surface area contributed by atoms with Crippen LogP contribution in [0.2, 0.25) is 0 Å². The van der Waals surface area contributed by atoms with Gasteiger partial charge in [0.2, 0.25) is 0 Å². The molecule has 2 heterocycles. The Bertz CT molecular complexity index is 1120. The molecular weight excluding hydrogens is 366 g/mol. The summed E-state index contributed by atoms with van der Waals surface area (Å²) >= 11 is 0. The minimum absolute atomic E-state index is 0.275. The Morgan fingerprint density at radius 1 is 0.966 bits per heavy atom. The minimum Gasteiger partial charge on any atom is -0.493 e. The average Bonchev–Trinajstić information content (AvgIpc) is 3.19. The number of rotatable bonds is 7. The molecule has 2 aromatic heterocycles. The predicted molar refractivity (Wildman–Crippen MR) is 111 cm³/mol. The number of carbonyl (C=O) groups excluding carboxylic acids is 1. The summed E-state index contributed by atoms with van der Waals surface area (Å²) in [6.45, 7) is 2.63. The van der Waals surface area contributed by atoms with Crippen molar-refractivity contribution in [3.63, 3.8) is 0 Å². The van der Waals surface area contributed by atoms with Crippen LogP contribution in [0.5, 0.6) is 5.75 Å². The third kappa shape index (κ3) is 4.46. The molecule has 0 unspecified atom stereocenters. The van der Waals surface area contributed by atoms with Crippen LogP contribution in [0.3, 0.4) is 0 Å². The molecule has 4 rings (SSSR count). The molecule has 5 nitrogen and oxygen atoms in total. The summed E-state index contributed by atoms with van der Waals surface area (Å²) in [6, 6.07) is 22.5. The van der Waals surface area contributed by atoms with Gasteiger partial charge in [0.05, 0.1) is 24.3 Å². The molecule has 0 aliphatic heterocycles. The van der Waals surface area contributed by atoms with Crippen LogP contribution in [0.15, 0.2) is 77.2 Å². The number of aryl methyl sites for hydroxylation is 1. The number of esters is 1. The van der Waals surface area contributed by atoms with Crippen molar-refractivity contribution in [1.82, 2.24) is 4.98 Å². The van der Waals surface area contributed by atoms with Crippen molar-refractivity contribution < 1.29 is 18.7 Å². The third-order valence-corrected chi connectivity index (χ3v) is 4.46. The van der Waals surface area contributed by atoms with E-state index in [1.165, 1.54) is 0 Å². The van der Waals surface area contributed by atoms with Gasteiger partial charge in [0.25, 0.3) is 0 Å². The zero-order valence-corrected chi connectivity index (χ0v) is 16.1. The largest absolute Gasteiger partial charge is 0.493 e. The number of nitrogens with zero attached hydrogens (tertiary/aromatic N) is 1. The van der Waals surface area contributed by atoms with Crippen molar-refractivity contribution in [2.45, 2.75) is 13.3 Å². The van der Waals surface area contributed by atoms with E-state index in [4.69, 9.17) is 13.9 Å². The van der Waals surface area contributed by atoms with Crippen molar-refractivity contribution in [2.75, 3.05) is 13.2 Å². The summed E-state index contributed by atoms with van der Waals surface area (Å²) in [5, 5.41) is 0.755. The van der Waals surface area contributed by atoms with E-state index in [9.17, 15) is 4.79 Å². The van der Waals surface area contributed by atoms with E-state index in [-0.39, 0.29) is 12.6 Å². The number of hydrogen-bond acceptors (Lipinski definition) is 5. The second-order valence-corrected chi connectivity index (χ2v) is 6.63. The van der Waals surface area contributed by atoms with Crippen LogP contribution < -0.4 is 4.74 Å². The second kappa shape index (κ2) is 8.61. The molecule has 5 heteroatoms. The first kappa shape index (κ1) is 18.7. The molecule has 4 aromatic rings. The van der Waals surface area contributed by atoms with E-state index in [0.717, 1.165) is 22.4 Å². The van der Waals surface area contributed by atoms with Gasteiger partial charge in [-0.2, -0.15) is 0 Å². The Kier molecular flexibility index (Phi) is 5.56. The van der Waals surface area contributed by atoms with Gasteiger partial charge in [-0.25, -0.2) is 9.78 Å². The highest BCUT2D eigenvalue weighted by atomic mass is 16.5. The molecule has 29 heavy (non-hydrogen) atoms.